The number of guanidine groups is 1. The number of rotatable bonds is 4. The summed E-state index contributed by atoms with van der Waals surface area (Å²) < 4.78 is 1.14. The minimum Gasteiger partial charge on any atom is -0.393 e. The fraction of sp³-hybridized carbons (Fsp3) is 0.611. The summed E-state index contributed by atoms with van der Waals surface area (Å²) in [7, 11) is 1.81. The molecule has 3 N–H and O–H groups in total. The Bertz CT molecular complexity index is 580. The van der Waals surface area contributed by atoms with Gasteiger partial charge in [0, 0.05) is 43.1 Å². The van der Waals surface area contributed by atoms with Crippen molar-refractivity contribution in [3.63, 3.8) is 0 Å². The van der Waals surface area contributed by atoms with E-state index in [2.05, 4.69) is 54.7 Å². The number of halogens is 1. The lowest BCUT2D eigenvalue weighted by Crippen LogP contribution is -2.46. The SMILES string of the molecule is CN=C(NCC1CCCC1O)NC1CCN(c2ccccc2Br)C1. The number of hydrogen-bond donors (Lipinski definition) is 3. The number of hydrogen-bond acceptors (Lipinski definition) is 3. The van der Waals surface area contributed by atoms with E-state index in [0.717, 1.165) is 55.7 Å². The van der Waals surface area contributed by atoms with Crippen LogP contribution in [0.4, 0.5) is 5.69 Å². The van der Waals surface area contributed by atoms with Crippen molar-refractivity contribution in [2.24, 2.45) is 10.9 Å². The van der Waals surface area contributed by atoms with Crippen LogP contribution in [-0.2, 0) is 0 Å². The van der Waals surface area contributed by atoms with E-state index in [4.69, 9.17) is 0 Å². The summed E-state index contributed by atoms with van der Waals surface area (Å²) in [6.45, 7) is 2.80. The smallest absolute Gasteiger partial charge is 0.191 e. The first-order valence-corrected chi connectivity index (χ1v) is 9.61. The molecule has 1 saturated heterocycles. The Morgan fingerprint density at radius 2 is 2.17 bits per heavy atom. The largest absolute Gasteiger partial charge is 0.393 e. The van der Waals surface area contributed by atoms with Crippen molar-refractivity contribution in [1.82, 2.24) is 10.6 Å². The van der Waals surface area contributed by atoms with Crippen molar-refractivity contribution < 1.29 is 5.11 Å². The molecule has 0 aromatic heterocycles. The van der Waals surface area contributed by atoms with Gasteiger partial charge in [-0.1, -0.05) is 18.6 Å². The second kappa shape index (κ2) is 8.21. The highest BCUT2D eigenvalue weighted by atomic mass is 79.9. The molecule has 24 heavy (non-hydrogen) atoms. The van der Waals surface area contributed by atoms with E-state index < -0.39 is 0 Å². The minimum atomic E-state index is -0.159. The number of aliphatic imine (C=N–C) groups is 1. The molecule has 6 heteroatoms. The molecule has 1 saturated carbocycles. The van der Waals surface area contributed by atoms with Crippen LogP contribution in [0.3, 0.4) is 0 Å². The Hall–Kier alpha value is -1.27. The summed E-state index contributed by atoms with van der Waals surface area (Å²) in [4.78, 5) is 6.74. The minimum absolute atomic E-state index is 0.159. The van der Waals surface area contributed by atoms with E-state index in [1.54, 1.807) is 7.05 Å². The average Bonchev–Trinajstić information content (AvgIpc) is 3.21. The van der Waals surface area contributed by atoms with Gasteiger partial charge in [-0.25, -0.2) is 0 Å². The average molecular weight is 395 g/mol. The van der Waals surface area contributed by atoms with Crippen LogP contribution < -0.4 is 15.5 Å². The lowest BCUT2D eigenvalue weighted by molar-refractivity contribution is 0.134. The molecule has 2 aliphatic rings. The van der Waals surface area contributed by atoms with Crippen molar-refractivity contribution in [2.45, 2.75) is 37.8 Å². The first-order chi connectivity index (χ1) is 11.7. The zero-order chi connectivity index (χ0) is 16.9. The quantitative estimate of drug-likeness (QED) is 0.541. The van der Waals surface area contributed by atoms with E-state index in [1.165, 1.54) is 5.69 Å². The Balaban J connectivity index is 1.49. The highest BCUT2D eigenvalue weighted by Gasteiger charge is 2.27. The second-order valence-electron chi connectivity index (χ2n) is 6.74. The van der Waals surface area contributed by atoms with Gasteiger partial charge in [-0.15, -0.1) is 0 Å². The molecule has 1 aliphatic heterocycles. The standard InChI is InChI=1S/C18H27BrN4O/c1-20-18(21-11-13-5-4-8-17(13)24)22-14-9-10-23(12-14)16-7-3-2-6-15(16)19/h2-3,6-7,13-14,17,24H,4-5,8-12H2,1H3,(H2,20,21,22). The zero-order valence-corrected chi connectivity index (χ0v) is 15.8. The molecule has 1 aromatic carbocycles. The maximum Gasteiger partial charge on any atom is 0.191 e. The van der Waals surface area contributed by atoms with E-state index in [1.807, 2.05) is 6.07 Å². The number of para-hydroxylation sites is 1. The summed E-state index contributed by atoms with van der Waals surface area (Å²) in [5.41, 5.74) is 1.25. The summed E-state index contributed by atoms with van der Waals surface area (Å²) in [5, 5.41) is 16.8. The van der Waals surface area contributed by atoms with Gasteiger partial charge in [-0.2, -0.15) is 0 Å². The number of benzene rings is 1. The molecule has 1 aromatic rings. The summed E-state index contributed by atoms with van der Waals surface area (Å²) >= 11 is 3.64. The lowest BCUT2D eigenvalue weighted by Gasteiger charge is -2.22. The van der Waals surface area contributed by atoms with Crippen molar-refractivity contribution in [1.29, 1.82) is 0 Å². The summed E-state index contributed by atoms with van der Waals surface area (Å²) in [5.74, 6) is 1.19. The molecule has 0 bridgehead atoms. The van der Waals surface area contributed by atoms with Gasteiger partial charge in [0.1, 0.15) is 0 Å². The van der Waals surface area contributed by atoms with Crippen LogP contribution >= 0.6 is 15.9 Å². The number of nitrogens with one attached hydrogen (secondary N) is 2. The molecular formula is C18H27BrN4O. The van der Waals surface area contributed by atoms with Gasteiger partial charge in [0.25, 0.3) is 0 Å². The number of anilines is 1. The maximum atomic E-state index is 9.93. The molecule has 132 valence electrons. The van der Waals surface area contributed by atoms with Gasteiger partial charge in [0.2, 0.25) is 0 Å². The Morgan fingerprint density at radius 1 is 1.33 bits per heavy atom. The van der Waals surface area contributed by atoms with Crippen LogP contribution in [0.1, 0.15) is 25.7 Å². The first-order valence-electron chi connectivity index (χ1n) is 8.82. The van der Waals surface area contributed by atoms with Gasteiger partial charge >= 0.3 is 0 Å². The number of aliphatic hydroxyl groups is 1. The highest BCUT2D eigenvalue weighted by molar-refractivity contribution is 9.10. The molecule has 5 nitrogen and oxygen atoms in total. The van der Waals surface area contributed by atoms with Crippen LogP contribution in [0, 0.1) is 5.92 Å². The van der Waals surface area contributed by atoms with Gasteiger partial charge in [0.15, 0.2) is 5.96 Å². The van der Waals surface area contributed by atoms with E-state index in [0.29, 0.717) is 12.0 Å². The van der Waals surface area contributed by atoms with Crippen LogP contribution in [0.2, 0.25) is 0 Å². The third-order valence-electron chi connectivity index (χ3n) is 5.10. The Morgan fingerprint density at radius 3 is 2.88 bits per heavy atom. The lowest BCUT2D eigenvalue weighted by atomic mass is 10.1. The molecule has 3 atom stereocenters. The zero-order valence-electron chi connectivity index (χ0n) is 14.2. The van der Waals surface area contributed by atoms with Gasteiger partial charge < -0.3 is 20.6 Å². The number of aliphatic hydroxyl groups excluding tert-OH is 1. The summed E-state index contributed by atoms with van der Waals surface area (Å²) in [6.07, 6.45) is 4.09. The van der Waals surface area contributed by atoms with Crippen molar-refractivity contribution in [2.75, 3.05) is 31.6 Å². The third kappa shape index (κ3) is 4.22. The number of nitrogens with zero attached hydrogens (tertiary/aromatic N) is 2. The van der Waals surface area contributed by atoms with Gasteiger partial charge in [0.05, 0.1) is 11.8 Å². The molecule has 3 rings (SSSR count). The fourth-order valence-electron chi connectivity index (χ4n) is 3.68. The predicted molar refractivity (Wildman–Crippen MR) is 103 cm³/mol. The third-order valence-corrected chi connectivity index (χ3v) is 5.77. The monoisotopic (exact) mass is 394 g/mol. The molecule has 0 amide bonds. The second-order valence-corrected chi connectivity index (χ2v) is 7.59. The van der Waals surface area contributed by atoms with Gasteiger partial charge in [-0.05, 0) is 47.3 Å². The first kappa shape index (κ1) is 17.5. The van der Waals surface area contributed by atoms with Crippen molar-refractivity contribution in [3.8, 4) is 0 Å². The predicted octanol–water partition coefficient (Wildman–Crippen LogP) is 2.35. The van der Waals surface area contributed by atoms with E-state index >= 15 is 0 Å². The fourth-order valence-corrected chi connectivity index (χ4v) is 4.21. The van der Waals surface area contributed by atoms with Gasteiger partial charge in [-0.3, -0.25) is 4.99 Å². The maximum absolute atomic E-state index is 9.93. The van der Waals surface area contributed by atoms with Crippen LogP contribution in [0.25, 0.3) is 0 Å². The topological polar surface area (TPSA) is 59.9 Å². The molecule has 3 unspecified atom stereocenters. The van der Waals surface area contributed by atoms with Crippen molar-refractivity contribution in [3.05, 3.63) is 28.7 Å². The van der Waals surface area contributed by atoms with Crippen LogP contribution in [0.15, 0.2) is 33.7 Å². The molecule has 1 heterocycles. The van der Waals surface area contributed by atoms with Crippen LogP contribution in [-0.4, -0.2) is 49.9 Å². The van der Waals surface area contributed by atoms with Crippen molar-refractivity contribution >= 4 is 27.6 Å². The summed E-state index contributed by atoms with van der Waals surface area (Å²) in [6, 6.07) is 8.75. The molecule has 0 spiro atoms. The molecule has 2 fully saturated rings. The Labute approximate surface area is 152 Å². The normalized spacial score (nSPS) is 27.5. The van der Waals surface area contributed by atoms with E-state index in [9.17, 15) is 5.11 Å². The Kier molecular flexibility index (Phi) is 6.00. The highest BCUT2D eigenvalue weighted by Crippen LogP contribution is 2.28. The van der Waals surface area contributed by atoms with Crippen LogP contribution in [0.5, 0.6) is 0 Å². The van der Waals surface area contributed by atoms with E-state index in [-0.39, 0.29) is 6.10 Å². The molecular weight excluding hydrogens is 368 g/mol. The molecule has 0 radical (unpaired) electrons. The molecule has 1 aliphatic carbocycles.